The number of hydrogen-bond acceptors (Lipinski definition) is 5. The molecule has 0 fully saturated rings. The minimum absolute atomic E-state index is 0.139. The van der Waals surface area contributed by atoms with Crippen LogP contribution in [0.1, 0.15) is 11.1 Å². The summed E-state index contributed by atoms with van der Waals surface area (Å²) in [7, 11) is -3.93. The summed E-state index contributed by atoms with van der Waals surface area (Å²) < 4.78 is 33.5. The van der Waals surface area contributed by atoms with Crippen molar-refractivity contribution in [2.75, 3.05) is 30.3 Å². The monoisotopic (exact) mass is 484 g/mol. The second-order valence-corrected chi connectivity index (χ2v) is 10.2. The van der Waals surface area contributed by atoms with Gasteiger partial charge in [-0.15, -0.1) is 11.8 Å². The summed E-state index contributed by atoms with van der Waals surface area (Å²) in [5.41, 5.74) is 2.48. The highest BCUT2D eigenvalue weighted by Gasteiger charge is 2.27. The van der Waals surface area contributed by atoms with Gasteiger partial charge in [-0.05, 0) is 55.1 Å². The van der Waals surface area contributed by atoms with Crippen molar-refractivity contribution in [3.63, 3.8) is 0 Å². The number of sulfonamides is 1. The van der Waals surface area contributed by atoms with Gasteiger partial charge in [0.05, 0.1) is 23.8 Å². The van der Waals surface area contributed by atoms with E-state index in [1.54, 1.807) is 36.4 Å². The number of carbonyl (C=O) groups excluding carboxylic acids is 1. The third-order valence-electron chi connectivity index (χ3n) is 4.94. The molecule has 0 aliphatic carbocycles. The summed E-state index contributed by atoms with van der Waals surface area (Å²) >= 11 is 1.53. The van der Waals surface area contributed by atoms with Crippen molar-refractivity contribution in [1.29, 1.82) is 0 Å². The smallest absolute Gasteiger partial charge is 0.264 e. The highest BCUT2D eigenvalue weighted by atomic mass is 32.2. The Morgan fingerprint density at radius 2 is 1.64 bits per heavy atom. The summed E-state index contributed by atoms with van der Waals surface area (Å²) in [4.78, 5) is 13.7. The number of amides is 1. The molecule has 8 heteroatoms. The van der Waals surface area contributed by atoms with E-state index in [0.29, 0.717) is 18.9 Å². The van der Waals surface area contributed by atoms with Crippen LogP contribution in [0, 0.1) is 6.92 Å². The second-order valence-electron chi connectivity index (χ2n) is 7.41. The van der Waals surface area contributed by atoms with E-state index < -0.39 is 15.9 Å². The van der Waals surface area contributed by atoms with Gasteiger partial charge >= 0.3 is 0 Å². The number of rotatable bonds is 11. The van der Waals surface area contributed by atoms with Crippen molar-refractivity contribution in [3.8, 4) is 0 Å². The number of nitrogens with zero attached hydrogens (tertiary/aromatic N) is 1. The van der Waals surface area contributed by atoms with Crippen LogP contribution >= 0.6 is 11.8 Å². The number of hydrogen-bond donors (Lipinski definition) is 1. The highest BCUT2D eigenvalue weighted by Crippen LogP contribution is 2.25. The predicted molar refractivity (Wildman–Crippen MR) is 133 cm³/mol. The summed E-state index contributed by atoms with van der Waals surface area (Å²) in [5.74, 6) is -0.400. The molecule has 0 aliphatic rings. The van der Waals surface area contributed by atoms with Crippen LogP contribution in [0.3, 0.4) is 0 Å². The standard InChI is InChI=1S/C25H28N2O4S2/c1-20-8-10-22(11-9-20)27(33(29,30)24-14-12-23(32-2)13-15-24)18-25(28)26-16-17-31-19-21-6-4-3-5-7-21/h3-15H,16-19H2,1-2H3,(H,26,28). The maximum atomic E-state index is 13.4. The number of benzene rings is 3. The fourth-order valence-corrected chi connectivity index (χ4v) is 4.94. The highest BCUT2D eigenvalue weighted by molar-refractivity contribution is 7.98. The van der Waals surface area contributed by atoms with Crippen molar-refractivity contribution >= 4 is 33.4 Å². The van der Waals surface area contributed by atoms with Gasteiger partial charge in [-0.1, -0.05) is 48.0 Å². The van der Waals surface area contributed by atoms with E-state index in [4.69, 9.17) is 4.74 Å². The largest absolute Gasteiger partial charge is 0.375 e. The van der Waals surface area contributed by atoms with E-state index in [-0.39, 0.29) is 18.0 Å². The normalized spacial score (nSPS) is 11.2. The maximum Gasteiger partial charge on any atom is 0.264 e. The molecule has 0 saturated heterocycles. The lowest BCUT2D eigenvalue weighted by atomic mass is 10.2. The Bertz CT molecular complexity index is 1130. The van der Waals surface area contributed by atoms with E-state index in [0.717, 1.165) is 20.3 Å². The lowest BCUT2D eigenvalue weighted by Gasteiger charge is -2.24. The Kier molecular flexibility index (Phi) is 8.94. The van der Waals surface area contributed by atoms with E-state index >= 15 is 0 Å². The van der Waals surface area contributed by atoms with Gasteiger partial charge in [0.25, 0.3) is 10.0 Å². The number of carbonyl (C=O) groups is 1. The molecule has 0 heterocycles. The van der Waals surface area contributed by atoms with Crippen molar-refractivity contribution in [1.82, 2.24) is 5.32 Å². The fraction of sp³-hybridized carbons (Fsp3) is 0.240. The van der Waals surface area contributed by atoms with Crippen LogP contribution < -0.4 is 9.62 Å². The molecule has 0 spiro atoms. The van der Waals surface area contributed by atoms with Crippen LogP contribution in [-0.2, 0) is 26.2 Å². The Morgan fingerprint density at radius 1 is 0.970 bits per heavy atom. The Labute approximate surface area is 200 Å². The van der Waals surface area contributed by atoms with Gasteiger partial charge in [0, 0.05) is 11.4 Å². The van der Waals surface area contributed by atoms with Crippen molar-refractivity contribution in [2.24, 2.45) is 0 Å². The molecule has 33 heavy (non-hydrogen) atoms. The molecule has 0 saturated carbocycles. The van der Waals surface area contributed by atoms with Gasteiger partial charge < -0.3 is 10.1 Å². The zero-order chi connectivity index (χ0) is 23.7. The molecule has 6 nitrogen and oxygen atoms in total. The maximum absolute atomic E-state index is 13.4. The van der Waals surface area contributed by atoms with Crippen molar-refractivity contribution in [2.45, 2.75) is 23.3 Å². The Balaban J connectivity index is 1.66. The first-order valence-electron chi connectivity index (χ1n) is 10.5. The quantitative estimate of drug-likeness (QED) is 0.325. The topological polar surface area (TPSA) is 75.7 Å². The molecule has 1 amide bonds. The Morgan fingerprint density at radius 3 is 2.27 bits per heavy atom. The molecule has 0 atom stereocenters. The zero-order valence-corrected chi connectivity index (χ0v) is 20.4. The van der Waals surface area contributed by atoms with Crippen LogP contribution in [0.15, 0.2) is 88.7 Å². The molecule has 3 aromatic carbocycles. The van der Waals surface area contributed by atoms with Gasteiger partial charge in [-0.2, -0.15) is 0 Å². The average molecular weight is 485 g/mol. The van der Waals surface area contributed by atoms with Gasteiger partial charge in [0.15, 0.2) is 0 Å². The first-order chi connectivity index (χ1) is 15.9. The van der Waals surface area contributed by atoms with Crippen LogP contribution in [0.4, 0.5) is 5.69 Å². The van der Waals surface area contributed by atoms with Gasteiger partial charge in [0.1, 0.15) is 6.54 Å². The number of nitrogens with one attached hydrogen (secondary N) is 1. The van der Waals surface area contributed by atoms with Crippen LogP contribution in [0.5, 0.6) is 0 Å². The fourth-order valence-electron chi connectivity index (χ4n) is 3.11. The first kappa shape index (κ1) is 24.8. The lowest BCUT2D eigenvalue weighted by Crippen LogP contribution is -2.41. The van der Waals surface area contributed by atoms with E-state index in [1.807, 2.05) is 55.6 Å². The van der Waals surface area contributed by atoms with E-state index in [9.17, 15) is 13.2 Å². The number of ether oxygens (including phenoxy) is 1. The molecule has 0 aliphatic heterocycles. The molecular formula is C25H28N2O4S2. The molecule has 3 rings (SSSR count). The molecule has 0 unspecified atom stereocenters. The second kappa shape index (κ2) is 11.9. The lowest BCUT2D eigenvalue weighted by molar-refractivity contribution is -0.119. The first-order valence-corrected chi connectivity index (χ1v) is 13.2. The number of thioether (sulfide) groups is 1. The van der Waals surface area contributed by atoms with Crippen LogP contribution in [-0.4, -0.2) is 40.3 Å². The van der Waals surface area contributed by atoms with Crippen LogP contribution in [0.2, 0.25) is 0 Å². The van der Waals surface area contributed by atoms with E-state index in [2.05, 4.69) is 5.32 Å². The molecule has 1 N–H and O–H groups in total. The molecule has 0 aromatic heterocycles. The third-order valence-corrected chi connectivity index (χ3v) is 7.47. The molecule has 0 bridgehead atoms. The minimum atomic E-state index is -3.93. The SMILES string of the molecule is CSc1ccc(S(=O)(=O)N(CC(=O)NCCOCc2ccccc2)c2ccc(C)cc2)cc1. The summed E-state index contributed by atoms with van der Waals surface area (Å²) in [6.45, 7) is 2.66. The summed E-state index contributed by atoms with van der Waals surface area (Å²) in [5, 5.41) is 2.75. The van der Waals surface area contributed by atoms with E-state index in [1.165, 1.54) is 11.8 Å². The van der Waals surface area contributed by atoms with Crippen LogP contribution in [0.25, 0.3) is 0 Å². The van der Waals surface area contributed by atoms with Crippen molar-refractivity contribution < 1.29 is 17.9 Å². The van der Waals surface area contributed by atoms with Gasteiger partial charge in [-0.25, -0.2) is 8.42 Å². The molecule has 0 radical (unpaired) electrons. The Hall–Kier alpha value is -2.81. The predicted octanol–water partition coefficient (Wildman–Crippen LogP) is 4.25. The third kappa shape index (κ3) is 7.08. The summed E-state index contributed by atoms with van der Waals surface area (Å²) in [6, 6.07) is 23.5. The molecule has 174 valence electrons. The molecule has 3 aromatic rings. The van der Waals surface area contributed by atoms with Gasteiger partial charge in [-0.3, -0.25) is 9.10 Å². The summed E-state index contributed by atoms with van der Waals surface area (Å²) in [6.07, 6.45) is 1.93. The molecular weight excluding hydrogens is 456 g/mol. The number of anilines is 1. The van der Waals surface area contributed by atoms with Crippen molar-refractivity contribution in [3.05, 3.63) is 90.0 Å². The zero-order valence-electron chi connectivity index (χ0n) is 18.7. The number of aryl methyl sites for hydroxylation is 1. The van der Waals surface area contributed by atoms with Gasteiger partial charge in [0.2, 0.25) is 5.91 Å². The average Bonchev–Trinajstić information content (AvgIpc) is 2.83. The minimum Gasteiger partial charge on any atom is -0.375 e.